The fourth-order valence-electron chi connectivity index (χ4n) is 3.19. The molecule has 0 bridgehead atoms. The number of benzene rings is 3. The summed E-state index contributed by atoms with van der Waals surface area (Å²) in [5.41, 5.74) is -0.437. The molecule has 1 aliphatic heterocycles. The largest absolute Gasteiger partial charge is 0.375 e. The van der Waals surface area contributed by atoms with Crippen LogP contribution >= 0.6 is 15.9 Å². The number of carbonyl (C=O) groups excluding carboxylic acids is 2. The number of amides is 1. The number of carbonyl (C=O) groups is 2. The number of hydrogen-bond donors (Lipinski definition) is 2. The first-order valence-electron chi connectivity index (χ1n) is 7.83. The number of aliphatic hydroxyl groups is 1. The lowest BCUT2D eigenvalue weighted by Crippen LogP contribution is -2.36. The van der Waals surface area contributed by atoms with Crippen LogP contribution in [0.2, 0.25) is 0 Å². The van der Waals surface area contributed by atoms with Gasteiger partial charge in [-0.15, -0.1) is 0 Å². The second kappa shape index (κ2) is 5.79. The molecule has 4 rings (SSSR count). The van der Waals surface area contributed by atoms with Crippen LogP contribution in [0.15, 0.2) is 65.1 Å². The van der Waals surface area contributed by atoms with E-state index in [0.29, 0.717) is 16.8 Å². The summed E-state index contributed by atoms with van der Waals surface area (Å²) in [7, 11) is 0. The fraction of sp³-hybridized carbons (Fsp3) is 0.100. The summed E-state index contributed by atoms with van der Waals surface area (Å²) in [5.74, 6) is -0.856. The molecular weight excluding hydrogens is 382 g/mol. The molecule has 2 N–H and O–H groups in total. The summed E-state index contributed by atoms with van der Waals surface area (Å²) in [5, 5.41) is 15.5. The van der Waals surface area contributed by atoms with Crippen LogP contribution in [0, 0.1) is 0 Å². The quantitative estimate of drug-likeness (QED) is 0.658. The van der Waals surface area contributed by atoms with E-state index < -0.39 is 11.5 Å². The predicted molar refractivity (Wildman–Crippen MR) is 99.6 cm³/mol. The Bertz CT molecular complexity index is 1030. The molecule has 4 nitrogen and oxygen atoms in total. The van der Waals surface area contributed by atoms with Gasteiger partial charge in [0.1, 0.15) is 0 Å². The Morgan fingerprint density at radius 3 is 2.60 bits per heavy atom. The summed E-state index contributed by atoms with van der Waals surface area (Å²) in [6, 6.07) is 18.3. The van der Waals surface area contributed by atoms with Crippen LogP contribution in [0.3, 0.4) is 0 Å². The number of rotatable bonds is 3. The number of ketones is 1. The van der Waals surface area contributed by atoms with Crippen molar-refractivity contribution in [1.82, 2.24) is 0 Å². The number of hydrogen-bond acceptors (Lipinski definition) is 3. The minimum absolute atomic E-state index is 0.281. The van der Waals surface area contributed by atoms with Crippen molar-refractivity contribution in [3.05, 3.63) is 76.3 Å². The highest BCUT2D eigenvalue weighted by Crippen LogP contribution is 2.40. The Balaban J connectivity index is 1.70. The van der Waals surface area contributed by atoms with E-state index >= 15 is 0 Å². The molecule has 1 heterocycles. The summed E-state index contributed by atoms with van der Waals surface area (Å²) in [6.07, 6.45) is -0.305. The van der Waals surface area contributed by atoms with E-state index in [1.54, 1.807) is 30.3 Å². The van der Waals surface area contributed by atoms with Gasteiger partial charge in [-0.05, 0) is 35.0 Å². The lowest BCUT2D eigenvalue weighted by Gasteiger charge is -2.20. The smallest absolute Gasteiger partial charge is 0.261 e. The molecule has 3 aromatic carbocycles. The van der Waals surface area contributed by atoms with Gasteiger partial charge in [-0.3, -0.25) is 9.59 Å². The SMILES string of the molecule is O=C(CC1(O)C(=O)Nc2ccc(Br)cc21)c1ccc2ccccc2c1. The van der Waals surface area contributed by atoms with Gasteiger partial charge in [0.25, 0.3) is 5.91 Å². The Morgan fingerprint density at radius 1 is 1.04 bits per heavy atom. The van der Waals surface area contributed by atoms with Gasteiger partial charge in [0.15, 0.2) is 11.4 Å². The van der Waals surface area contributed by atoms with Crippen molar-refractivity contribution in [2.24, 2.45) is 0 Å². The van der Waals surface area contributed by atoms with E-state index in [1.807, 2.05) is 30.3 Å². The normalized spacial score (nSPS) is 18.9. The Kier molecular flexibility index (Phi) is 3.71. The molecule has 5 heteroatoms. The average Bonchev–Trinajstić information content (AvgIpc) is 2.85. The van der Waals surface area contributed by atoms with Gasteiger partial charge in [-0.2, -0.15) is 0 Å². The first-order chi connectivity index (χ1) is 12.0. The second-order valence-corrected chi connectivity index (χ2v) is 7.08. The molecule has 0 saturated carbocycles. The average molecular weight is 396 g/mol. The summed E-state index contributed by atoms with van der Waals surface area (Å²) in [4.78, 5) is 25.1. The molecule has 1 amide bonds. The van der Waals surface area contributed by atoms with Crippen LogP contribution in [0.25, 0.3) is 10.8 Å². The molecule has 25 heavy (non-hydrogen) atoms. The summed E-state index contributed by atoms with van der Waals surface area (Å²) in [6.45, 7) is 0. The number of anilines is 1. The number of halogens is 1. The van der Waals surface area contributed by atoms with E-state index in [1.165, 1.54) is 0 Å². The molecule has 0 aromatic heterocycles. The lowest BCUT2D eigenvalue weighted by atomic mass is 9.88. The molecule has 1 unspecified atom stereocenters. The first kappa shape index (κ1) is 16.0. The lowest BCUT2D eigenvalue weighted by molar-refractivity contribution is -0.133. The van der Waals surface area contributed by atoms with Crippen molar-refractivity contribution < 1.29 is 14.7 Å². The van der Waals surface area contributed by atoms with Gasteiger partial charge in [0.05, 0.1) is 6.42 Å². The van der Waals surface area contributed by atoms with Crippen molar-refractivity contribution >= 4 is 44.1 Å². The topological polar surface area (TPSA) is 66.4 Å². The maximum absolute atomic E-state index is 12.7. The van der Waals surface area contributed by atoms with Crippen molar-refractivity contribution in [1.29, 1.82) is 0 Å². The second-order valence-electron chi connectivity index (χ2n) is 6.17. The molecule has 0 saturated heterocycles. The zero-order chi connectivity index (χ0) is 17.6. The van der Waals surface area contributed by atoms with Crippen molar-refractivity contribution in [3.8, 4) is 0 Å². The molecule has 124 valence electrons. The van der Waals surface area contributed by atoms with Crippen molar-refractivity contribution in [3.63, 3.8) is 0 Å². The van der Waals surface area contributed by atoms with Crippen LogP contribution < -0.4 is 5.32 Å². The highest BCUT2D eigenvalue weighted by atomic mass is 79.9. The summed E-state index contributed by atoms with van der Waals surface area (Å²) >= 11 is 3.34. The Hall–Kier alpha value is -2.50. The molecular formula is C20H14BrNO3. The fourth-order valence-corrected chi connectivity index (χ4v) is 3.55. The van der Waals surface area contributed by atoms with E-state index in [2.05, 4.69) is 21.2 Å². The van der Waals surface area contributed by atoms with Gasteiger partial charge in [-0.25, -0.2) is 0 Å². The van der Waals surface area contributed by atoms with Gasteiger partial charge >= 0.3 is 0 Å². The molecule has 0 radical (unpaired) electrons. The van der Waals surface area contributed by atoms with Crippen LogP contribution in [0.1, 0.15) is 22.3 Å². The van der Waals surface area contributed by atoms with Gasteiger partial charge < -0.3 is 10.4 Å². The molecule has 3 aromatic rings. The predicted octanol–water partition coefficient (Wildman–Crippen LogP) is 4.02. The Labute approximate surface area is 152 Å². The highest BCUT2D eigenvalue weighted by molar-refractivity contribution is 9.10. The zero-order valence-electron chi connectivity index (χ0n) is 13.1. The third-order valence-electron chi connectivity index (χ3n) is 4.54. The van der Waals surface area contributed by atoms with Gasteiger partial charge in [0.2, 0.25) is 0 Å². The number of Topliss-reactive ketones (excluding diaryl/α,β-unsaturated/α-hetero) is 1. The van der Waals surface area contributed by atoms with Gasteiger partial charge in [-0.1, -0.05) is 52.3 Å². The molecule has 0 aliphatic carbocycles. The summed E-state index contributed by atoms with van der Waals surface area (Å²) < 4.78 is 0.735. The standard InChI is InChI=1S/C20H14BrNO3/c21-15-7-8-17-16(10-15)20(25,19(24)22-17)11-18(23)14-6-5-12-3-1-2-4-13(12)9-14/h1-10,25H,11H2,(H,22,24). The molecule has 0 fully saturated rings. The highest BCUT2D eigenvalue weighted by Gasteiger charge is 2.46. The van der Waals surface area contributed by atoms with Crippen molar-refractivity contribution in [2.75, 3.05) is 5.32 Å². The minimum Gasteiger partial charge on any atom is -0.375 e. The Morgan fingerprint density at radius 2 is 1.80 bits per heavy atom. The van der Waals surface area contributed by atoms with Crippen LogP contribution in [0.5, 0.6) is 0 Å². The van der Waals surface area contributed by atoms with E-state index in [9.17, 15) is 14.7 Å². The van der Waals surface area contributed by atoms with Crippen molar-refractivity contribution in [2.45, 2.75) is 12.0 Å². The zero-order valence-corrected chi connectivity index (χ0v) is 14.7. The monoisotopic (exact) mass is 395 g/mol. The van der Waals surface area contributed by atoms with Gasteiger partial charge in [0, 0.05) is 21.3 Å². The maximum Gasteiger partial charge on any atom is 0.261 e. The van der Waals surface area contributed by atoms with E-state index in [0.717, 1.165) is 15.2 Å². The van der Waals surface area contributed by atoms with E-state index in [4.69, 9.17) is 0 Å². The van der Waals surface area contributed by atoms with Crippen LogP contribution in [-0.2, 0) is 10.4 Å². The third-order valence-corrected chi connectivity index (χ3v) is 5.03. The number of fused-ring (bicyclic) bond motifs is 2. The van der Waals surface area contributed by atoms with Crippen LogP contribution in [-0.4, -0.2) is 16.8 Å². The molecule has 1 aliphatic rings. The van der Waals surface area contributed by atoms with Crippen LogP contribution in [0.4, 0.5) is 5.69 Å². The first-order valence-corrected chi connectivity index (χ1v) is 8.62. The maximum atomic E-state index is 12.7. The molecule has 1 atom stereocenters. The minimum atomic E-state index is -1.86. The number of nitrogens with one attached hydrogen (secondary N) is 1. The molecule has 0 spiro atoms. The third kappa shape index (κ3) is 2.65. The van der Waals surface area contributed by atoms with E-state index in [-0.39, 0.29) is 12.2 Å².